The quantitative estimate of drug-likeness (QED) is 0.631. The summed E-state index contributed by atoms with van der Waals surface area (Å²) in [5, 5.41) is 0. The molecule has 1 unspecified atom stereocenters. The molecule has 0 aliphatic rings. The van der Waals surface area contributed by atoms with Crippen LogP contribution >= 0.6 is 15.9 Å². The van der Waals surface area contributed by atoms with Crippen LogP contribution < -0.4 is 0 Å². The van der Waals surface area contributed by atoms with Crippen molar-refractivity contribution in [2.75, 3.05) is 0 Å². The molecule has 0 aliphatic heterocycles. The number of alkyl halides is 1. The van der Waals surface area contributed by atoms with E-state index < -0.39 is 0 Å². The molecule has 0 radical (unpaired) electrons. The summed E-state index contributed by atoms with van der Waals surface area (Å²) >= 11 is 3.39. The molecule has 0 saturated heterocycles. The van der Waals surface area contributed by atoms with E-state index in [2.05, 4.69) is 22.9 Å². The van der Waals surface area contributed by atoms with Gasteiger partial charge < -0.3 is 0 Å². The van der Waals surface area contributed by atoms with Crippen molar-refractivity contribution in [1.82, 2.24) is 0 Å². The van der Waals surface area contributed by atoms with E-state index >= 15 is 0 Å². The largest absolute Gasteiger partial charge is 0.373 e. The average molecular weight is 285 g/mol. The van der Waals surface area contributed by atoms with Gasteiger partial charge in [-0.05, 0) is 6.42 Å². The van der Waals surface area contributed by atoms with E-state index in [1.165, 1.54) is 0 Å². The molecule has 0 N–H and O–H groups in total. The van der Waals surface area contributed by atoms with Crippen LogP contribution in [0.2, 0.25) is 0 Å². The van der Waals surface area contributed by atoms with E-state index in [0.29, 0.717) is 0 Å². The first-order chi connectivity index (χ1) is 7.67. The highest BCUT2D eigenvalue weighted by Gasteiger charge is 2.14. The summed E-state index contributed by atoms with van der Waals surface area (Å²) in [5.41, 5.74) is 0.790. The molecule has 0 amide bonds. The molecule has 86 valence electrons. The van der Waals surface area contributed by atoms with Crippen molar-refractivity contribution in [3.05, 3.63) is 35.9 Å². The van der Waals surface area contributed by atoms with E-state index in [9.17, 15) is 4.79 Å². The maximum atomic E-state index is 11.7. The third-order valence-electron chi connectivity index (χ3n) is 1.88. The number of benzene rings is 1. The van der Waals surface area contributed by atoms with E-state index in [-0.39, 0.29) is 16.8 Å². The molecule has 16 heavy (non-hydrogen) atoms. The summed E-state index contributed by atoms with van der Waals surface area (Å²) in [6.07, 6.45) is 2.17. The molecule has 0 aliphatic carbocycles. The fourth-order valence-electron chi connectivity index (χ4n) is 1.17. The van der Waals surface area contributed by atoms with Gasteiger partial charge in [-0.15, -0.1) is 0 Å². The number of carbonyl (C=O) groups is 1. The first kappa shape index (κ1) is 14.8. The summed E-state index contributed by atoms with van der Waals surface area (Å²) in [6, 6.07) is 9.40. The lowest BCUT2D eigenvalue weighted by Gasteiger charge is -2.06. The molecule has 0 aromatic heterocycles. The molecule has 0 bridgehead atoms. The minimum absolute atomic E-state index is 0.0279. The van der Waals surface area contributed by atoms with Crippen molar-refractivity contribution >= 4 is 27.9 Å². The highest BCUT2D eigenvalue weighted by atomic mass is 79.9. The van der Waals surface area contributed by atoms with Gasteiger partial charge in [0.2, 0.25) is 0 Å². The van der Waals surface area contributed by atoms with Crippen molar-refractivity contribution in [3.8, 4) is 0 Å². The predicted octanol–water partition coefficient (Wildman–Crippen LogP) is 2.85. The fraction of sp³-hybridized carbons (Fsp3) is 0.333. The van der Waals surface area contributed by atoms with Crippen LogP contribution in [0, 0.1) is 0 Å². The van der Waals surface area contributed by atoms with Gasteiger partial charge in [-0.1, -0.05) is 59.6 Å². The summed E-state index contributed by atoms with van der Waals surface area (Å²) < 4.78 is 0. The summed E-state index contributed by atoms with van der Waals surface area (Å²) in [7, 11) is 0. The number of hydrogen-bond acceptors (Lipinski definition) is 3. The van der Waals surface area contributed by atoms with Crippen molar-refractivity contribution < 1.29 is 14.4 Å². The first-order valence-electron chi connectivity index (χ1n) is 4.90. The van der Waals surface area contributed by atoms with Gasteiger partial charge in [0.15, 0.2) is 5.78 Å². The summed E-state index contributed by atoms with van der Waals surface area (Å²) in [4.78, 5) is 27.9. The molecule has 1 atom stereocenters. The van der Waals surface area contributed by atoms with Crippen LogP contribution in [0.4, 0.5) is 0 Å². The third-order valence-corrected chi connectivity index (χ3v) is 2.76. The van der Waals surface area contributed by atoms with E-state index in [4.69, 9.17) is 9.59 Å². The Kier molecular flexibility index (Phi) is 8.31. The summed E-state index contributed by atoms with van der Waals surface area (Å²) in [5.74, 6) is 0.183. The Balaban J connectivity index is 0.000000673. The monoisotopic (exact) mass is 284 g/mol. The maximum Gasteiger partial charge on any atom is 0.373 e. The molecule has 3 nitrogen and oxygen atoms in total. The standard InChI is InChI=1S/C11H13BrO.CO2/c1-2-6-10(12)11(13)9-7-4-3-5-8-9;2-1-3/h3-5,7-8,10H,2,6H2,1H3;. The maximum absolute atomic E-state index is 11.7. The molecule has 0 fully saturated rings. The topological polar surface area (TPSA) is 51.2 Å². The highest BCUT2D eigenvalue weighted by molar-refractivity contribution is 9.10. The predicted molar refractivity (Wildman–Crippen MR) is 63.4 cm³/mol. The minimum Gasteiger partial charge on any atom is -0.293 e. The van der Waals surface area contributed by atoms with Crippen LogP contribution in [0.3, 0.4) is 0 Å². The van der Waals surface area contributed by atoms with E-state index in [1.54, 1.807) is 0 Å². The SMILES string of the molecule is CCCC(Br)C(=O)c1ccccc1.O=C=O. The van der Waals surface area contributed by atoms with Crippen molar-refractivity contribution in [2.24, 2.45) is 0 Å². The number of rotatable bonds is 4. The molecule has 0 spiro atoms. The second kappa shape index (κ2) is 9.01. The van der Waals surface area contributed by atoms with Gasteiger partial charge >= 0.3 is 6.15 Å². The zero-order chi connectivity index (χ0) is 12.4. The van der Waals surface area contributed by atoms with Crippen LogP contribution in [0.1, 0.15) is 30.1 Å². The third kappa shape index (κ3) is 5.59. The van der Waals surface area contributed by atoms with Crippen molar-refractivity contribution in [3.63, 3.8) is 0 Å². The summed E-state index contributed by atoms with van der Waals surface area (Å²) in [6.45, 7) is 2.08. The van der Waals surface area contributed by atoms with Gasteiger partial charge in [-0.25, -0.2) is 0 Å². The average Bonchev–Trinajstić information content (AvgIpc) is 2.30. The lowest BCUT2D eigenvalue weighted by atomic mass is 10.1. The lowest BCUT2D eigenvalue weighted by Crippen LogP contribution is -2.13. The van der Waals surface area contributed by atoms with Crippen LogP contribution in [0.25, 0.3) is 0 Å². The Morgan fingerprint density at radius 3 is 2.25 bits per heavy atom. The van der Waals surface area contributed by atoms with Crippen molar-refractivity contribution in [2.45, 2.75) is 24.6 Å². The lowest BCUT2D eigenvalue weighted by molar-refractivity contribution is -0.191. The second-order valence-electron chi connectivity index (χ2n) is 3.07. The van der Waals surface area contributed by atoms with Crippen molar-refractivity contribution in [1.29, 1.82) is 0 Å². The zero-order valence-corrected chi connectivity index (χ0v) is 10.6. The van der Waals surface area contributed by atoms with Crippen LogP contribution in [0.5, 0.6) is 0 Å². The zero-order valence-electron chi connectivity index (χ0n) is 8.98. The Bertz CT molecular complexity index is 343. The van der Waals surface area contributed by atoms with Gasteiger partial charge in [0.25, 0.3) is 0 Å². The molecule has 4 heteroatoms. The van der Waals surface area contributed by atoms with Crippen LogP contribution in [0.15, 0.2) is 30.3 Å². The molecular weight excluding hydrogens is 272 g/mol. The minimum atomic E-state index is -0.0279. The number of carbonyl (C=O) groups excluding carboxylic acids is 3. The number of ketones is 1. The Labute approximate surface area is 103 Å². The van der Waals surface area contributed by atoms with Gasteiger partial charge in [-0.2, -0.15) is 9.59 Å². The molecule has 0 saturated carbocycles. The fourth-order valence-corrected chi connectivity index (χ4v) is 1.89. The number of halogens is 1. The number of hydrogen-bond donors (Lipinski definition) is 0. The normalized spacial score (nSPS) is 10.6. The van der Waals surface area contributed by atoms with E-state index in [0.717, 1.165) is 18.4 Å². The molecule has 1 aromatic carbocycles. The molecule has 1 aromatic rings. The van der Waals surface area contributed by atoms with Crippen LogP contribution in [-0.2, 0) is 9.59 Å². The number of Topliss-reactive ketones (excluding diaryl/α,β-unsaturated/α-hetero) is 1. The van der Waals surface area contributed by atoms with Gasteiger partial charge in [0, 0.05) is 5.56 Å². The molecule has 0 heterocycles. The molecule has 1 rings (SSSR count). The van der Waals surface area contributed by atoms with Gasteiger partial charge in [0.05, 0.1) is 4.83 Å². The second-order valence-corrected chi connectivity index (χ2v) is 4.18. The Morgan fingerprint density at radius 2 is 1.81 bits per heavy atom. The van der Waals surface area contributed by atoms with E-state index in [1.807, 2.05) is 30.3 Å². The Hall–Kier alpha value is -1.25. The smallest absolute Gasteiger partial charge is 0.293 e. The van der Waals surface area contributed by atoms with Crippen LogP contribution in [-0.4, -0.2) is 16.8 Å². The first-order valence-corrected chi connectivity index (χ1v) is 5.81. The highest BCUT2D eigenvalue weighted by Crippen LogP contribution is 2.14. The molecular formula is C12H13BrO3. The Morgan fingerprint density at radius 1 is 1.31 bits per heavy atom. The van der Waals surface area contributed by atoms with Gasteiger partial charge in [-0.3, -0.25) is 4.79 Å². The van der Waals surface area contributed by atoms with Gasteiger partial charge in [0.1, 0.15) is 0 Å².